The Labute approximate surface area is 141 Å². The first-order valence-corrected chi connectivity index (χ1v) is 8.37. The molecule has 1 amide bonds. The highest BCUT2D eigenvalue weighted by Crippen LogP contribution is 2.27. The number of nitrogens with one attached hydrogen (secondary N) is 2. The van der Waals surface area contributed by atoms with Gasteiger partial charge in [0, 0.05) is 18.4 Å². The van der Waals surface area contributed by atoms with E-state index in [1.807, 2.05) is 25.3 Å². The minimum Gasteiger partial charge on any atom is -0.351 e. The van der Waals surface area contributed by atoms with E-state index in [-0.39, 0.29) is 17.8 Å². The van der Waals surface area contributed by atoms with Crippen LogP contribution in [-0.4, -0.2) is 34.8 Å². The van der Waals surface area contributed by atoms with Crippen LogP contribution in [0.1, 0.15) is 25.3 Å². The monoisotopic (exact) mass is 330 g/mol. The number of hydrogen-bond acceptors (Lipinski definition) is 3. The number of hydrogen-bond donors (Lipinski definition) is 2. The zero-order valence-electron chi connectivity index (χ0n) is 13.8. The highest BCUT2D eigenvalue weighted by atomic mass is 19.1. The van der Waals surface area contributed by atoms with E-state index >= 15 is 0 Å². The Bertz CT molecular complexity index is 680. The van der Waals surface area contributed by atoms with Gasteiger partial charge in [-0.05, 0) is 57.0 Å². The van der Waals surface area contributed by atoms with E-state index < -0.39 is 5.54 Å². The molecule has 2 aromatic rings. The van der Waals surface area contributed by atoms with Crippen molar-refractivity contribution in [2.75, 3.05) is 13.1 Å². The molecule has 0 aliphatic carbocycles. The molecule has 0 radical (unpaired) electrons. The summed E-state index contributed by atoms with van der Waals surface area (Å²) in [5.74, 6) is -0.279. The summed E-state index contributed by atoms with van der Waals surface area (Å²) in [5.41, 5.74) is -0.0538. The molecule has 0 bridgehead atoms. The number of benzene rings is 1. The summed E-state index contributed by atoms with van der Waals surface area (Å²) in [7, 11) is 0. The predicted octanol–water partition coefficient (Wildman–Crippen LogP) is 1.85. The maximum Gasteiger partial charge on any atom is 0.248 e. The Kier molecular flexibility index (Phi) is 4.94. The van der Waals surface area contributed by atoms with Crippen molar-refractivity contribution in [1.29, 1.82) is 0 Å². The van der Waals surface area contributed by atoms with E-state index in [0.29, 0.717) is 24.8 Å². The Morgan fingerprint density at radius 3 is 2.79 bits per heavy atom. The molecule has 1 aromatic heterocycles. The zero-order valence-corrected chi connectivity index (χ0v) is 13.8. The van der Waals surface area contributed by atoms with E-state index in [9.17, 15) is 9.18 Å². The van der Waals surface area contributed by atoms with Gasteiger partial charge >= 0.3 is 0 Å². The lowest BCUT2D eigenvalue weighted by molar-refractivity contribution is -0.132. The summed E-state index contributed by atoms with van der Waals surface area (Å²) in [6, 6.07) is 8.36. The number of amides is 1. The minimum absolute atomic E-state index is 0.0449. The van der Waals surface area contributed by atoms with Gasteiger partial charge in [-0.15, -0.1) is 0 Å². The van der Waals surface area contributed by atoms with Crippen LogP contribution >= 0.6 is 0 Å². The number of carbonyl (C=O) groups is 1. The van der Waals surface area contributed by atoms with Crippen LogP contribution in [0.5, 0.6) is 0 Å². The fourth-order valence-corrected chi connectivity index (χ4v) is 3.33. The minimum atomic E-state index is -0.668. The number of aromatic nitrogens is 2. The molecule has 1 saturated heterocycles. The molecule has 1 aliphatic rings. The summed E-state index contributed by atoms with van der Waals surface area (Å²) in [4.78, 5) is 13.0. The third-order valence-corrected chi connectivity index (χ3v) is 4.66. The molecule has 3 rings (SSSR count). The summed E-state index contributed by atoms with van der Waals surface area (Å²) in [6.45, 7) is 3.45. The highest BCUT2D eigenvalue weighted by molar-refractivity contribution is 5.84. The molecule has 1 fully saturated rings. The first kappa shape index (κ1) is 16.6. The molecule has 6 heteroatoms. The van der Waals surface area contributed by atoms with Crippen LogP contribution in [0.15, 0.2) is 42.7 Å². The van der Waals surface area contributed by atoms with Crippen LogP contribution in [0, 0.1) is 5.82 Å². The molecular formula is C18H23FN4O. The van der Waals surface area contributed by atoms with Crippen molar-refractivity contribution in [2.24, 2.45) is 0 Å². The van der Waals surface area contributed by atoms with Crippen molar-refractivity contribution in [2.45, 2.75) is 37.8 Å². The number of nitrogens with zero attached hydrogens (tertiary/aromatic N) is 2. The molecule has 1 aromatic carbocycles. The van der Waals surface area contributed by atoms with Gasteiger partial charge in [0.2, 0.25) is 5.91 Å². The molecule has 5 nitrogen and oxygen atoms in total. The van der Waals surface area contributed by atoms with Crippen LogP contribution in [0.25, 0.3) is 0 Å². The Balaban J connectivity index is 1.73. The molecule has 1 atom stereocenters. The second-order valence-electron chi connectivity index (χ2n) is 6.40. The Morgan fingerprint density at radius 1 is 1.38 bits per heavy atom. The lowest BCUT2D eigenvalue weighted by atomic mass is 9.87. The van der Waals surface area contributed by atoms with E-state index in [1.165, 1.54) is 6.07 Å². The Hall–Kier alpha value is -2.21. The maximum atomic E-state index is 13.8. The Morgan fingerprint density at radius 2 is 2.12 bits per heavy atom. The average Bonchev–Trinajstić information content (AvgIpc) is 3.12. The quantitative estimate of drug-likeness (QED) is 0.880. The van der Waals surface area contributed by atoms with Crippen molar-refractivity contribution in [3.63, 3.8) is 0 Å². The van der Waals surface area contributed by atoms with Gasteiger partial charge < -0.3 is 10.6 Å². The summed E-state index contributed by atoms with van der Waals surface area (Å²) in [6.07, 6.45) is 5.37. The fourth-order valence-electron chi connectivity index (χ4n) is 3.33. The van der Waals surface area contributed by atoms with Gasteiger partial charge in [0.25, 0.3) is 0 Å². The number of piperidine rings is 1. The van der Waals surface area contributed by atoms with Crippen LogP contribution in [-0.2, 0) is 16.8 Å². The molecule has 2 N–H and O–H groups in total. The molecule has 2 heterocycles. The van der Waals surface area contributed by atoms with Crippen molar-refractivity contribution in [1.82, 2.24) is 20.4 Å². The van der Waals surface area contributed by atoms with Crippen LogP contribution in [0.4, 0.5) is 4.39 Å². The maximum absolute atomic E-state index is 13.8. The van der Waals surface area contributed by atoms with E-state index in [0.717, 1.165) is 13.1 Å². The third kappa shape index (κ3) is 3.33. The average molecular weight is 330 g/mol. The van der Waals surface area contributed by atoms with Gasteiger partial charge in [-0.3, -0.25) is 9.48 Å². The van der Waals surface area contributed by atoms with Crippen molar-refractivity contribution >= 4 is 5.91 Å². The van der Waals surface area contributed by atoms with Gasteiger partial charge in [-0.1, -0.05) is 18.2 Å². The third-order valence-electron chi connectivity index (χ3n) is 4.66. The second kappa shape index (κ2) is 7.13. The molecule has 0 saturated carbocycles. The van der Waals surface area contributed by atoms with Crippen molar-refractivity contribution in [3.05, 3.63) is 54.1 Å². The van der Waals surface area contributed by atoms with Gasteiger partial charge in [-0.2, -0.15) is 5.10 Å². The SMILES string of the molecule is CC(Cc1ccccc1F)NC(=O)C1(n2cccn2)CCNCC1. The van der Waals surface area contributed by atoms with Gasteiger partial charge in [0.15, 0.2) is 0 Å². The van der Waals surface area contributed by atoms with Gasteiger partial charge in [0.1, 0.15) is 11.4 Å². The summed E-state index contributed by atoms with van der Waals surface area (Å²) >= 11 is 0. The standard InChI is InChI=1S/C18H23FN4O/c1-14(13-15-5-2-3-6-16(15)19)22-17(24)18(7-10-20-11-8-18)23-12-4-9-21-23/h2-6,9,12,14,20H,7-8,10-11,13H2,1H3,(H,22,24). The topological polar surface area (TPSA) is 59.0 Å². The first-order chi connectivity index (χ1) is 11.6. The summed E-state index contributed by atoms with van der Waals surface area (Å²) < 4.78 is 15.6. The van der Waals surface area contributed by atoms with Crippen LogP contribution in [0.3, 0.4) is 0 Å². The highest BCUT2D eigenvalue weighted by Gasteiger charge is 2.42. The van der Waals surface area contributed by atoms with E-state index in [1.54, 1.807) is 23.0 Å². The van der Waals surface area contributed by atoms with E-state index in [2.05, 4.69) is 15.7 Å². The lowest BCUT2D eigenvalue weighted by Crippen LogP contribution is -2.56. The van der Waals surface area contributed by atoms with Crippen LogP contribution < -0.4 is 10.6 Å². The largest absolute Gasteiger partial charge is 0.351 e. The molecule has 1 unspecified atom stereocenters. The molecule has 128 valence electrons. The smallest absolute Gasteiger partial charge is 0.248 e. The van der Waals surface area contributed by atoms with Crippen LogP contribution in [0.2, 0.25) is 0 Å². The van der Waals surface area contributed by atoms with Gasteiger partial charge in [-0.25, -0.2) is 4.39 Å². The normalized spacial score (nSPS) is 18.1. The first-order valence-electron chi connectivity index (χ1n) is 8.37. The number of carbonyl (C=O) groups excluding carboxylic acids is 1. The van der Waals surface area contributed by atoms with Crippen molar-refractivity contribution < 1.29 is 9.18 Å². The predicted molar refractivity (Wildman–Crippen MR) is 90.0 cm³/mol. The number of halogens is 1. The molecule has 24 heavy (non-hydrogen) atoms. The fraction of sp³-hybridized carbons (Fsp3) is 0.444. The molecule has 0 spiro atoms. The van der Waals surface area contributed by atoms with E-state index in [4.69, 9.17) is 0 Å². The second-order valence-corrected chi connectivity index (χ2v) is 6.40. The number of rotatable bonds is 5. The lowest BCUT2D eigenvalue weighted by Gasteiger charge is -2.37. The summed E-state index contributed by atoms with van der Waals surface area (Å²) in [5, 5.41) is 10.7. The van der Waals surface area contributed by atoms with Crippen molar-refractivity contribution in [3.8, 4) is 0 Å². The van der Waals surface area contributed by atoms with Gasteiger partial charge in [0.05, 0.1) is 0 Å². The zero-order chi connectivity index (χ0) is 17.0. The molecule has 1 aliphatic heterocycles. The molecular weight excluding hydrogens is 307 g/mol.